The fraction of sp³-hybridized carbons (Fsp3) is 0.643. The van der Waals surface area contributed by atoms with Crippen molar-refractivity contribution in [2.45, 2.75) is 25.8 Å². The zero-order chi connectivity index (χ0) is 15.4. The lowest BCUT2D eigenvalue weighted by atomic mass is 10.2. The number of nitrogen functional groups attached to an aromatic ring is 1. The van der Waals surface area contributed by atoms with E-state index < -0.39 is 0 Å². The number of methoxy groups -OCH3 is 1. The van der Waals surface area contributed by atoms with Crippen LogP contribution in [0.2, 0.25) is 0 Å². The lowest BCUT2D eigenvalue weighted by Gasteiger charge is -2.20. The first-order valence-electron chi connectivity index (χ1n) is 7.27. The summed E-state index contributed by atoms with van der Waals surface area (Å²) >= 11 is 1.35. The Bertz CT molecular complexity index is 503. The van der Waals surface area contributed by atoms with Gasteiger partial charge in [0.25, 0.3) is 5.91 Å². The van der Waals surface area contributed by atoms with Crippen LogP contribution >= 0.6 is 11.3 Å². The first-order valence-corrected chi connectivity index (χ1v) is 8.08. The van der Waals surface area contributed by atoms with Gasteiger partial charge >= 0.3 is 0 Å². The number of amides is 1. The number of nitrogens with zero attached hydrogens (tertiary/aromatic N) is 1. The molecule has 0 radical (unpaired) electrons. The molecule has 0 aromatic carbocycles. The number of carbonyl (C=O) groups excluding carboxylic acids is 1. The van der Waals surface area contributed by atoms with E-state index >= 15 is 0 Å². The molecule has 1 fully saturated rings. The Kier molecular flexibility index (Phi) is 5.30. The van der Waals surface area contributed by atoms with Gasteiger partial charge in [-0.2, -0.15) is 0 Å². The van der Waals surface area contributed by atoms with Gasteiger partial charge in [-0.3, -0.25) is 4.79 Å². The lowest BCUT2D eigenvalue weighted by Crippen LogP contribution is -2.31. The van der Waals surface area contributed by atoms with Crippen LogP contribution in [0.25, 0.3) is 0 Å². The van der Waals surface area contributed by atoms with Crippen LogP contribution < -0.4 is 21.1 Å². The second kappa shape index (κ2) is 7.00. The number of anilines is 2. The first kappa shape index (κ1) is 15.9. The lowest BCUT2D eigenvalue weighted by molar-refractivity contribution is 0.0960. The highest BCUT2D eigenvalue weighted by Gasteiger charge is 2.24. The number of rotatable bonds is 6. The summed E-state index contributed by atoms with van der Waals surface area (Å²) in [7, 11) is 3.71. The van der Waals surface area contributed by atoms with Crippen LogP contribution in [0.4, 0.5) is 10.7 Å². The highest BCUT2D eigenvalue weighted by molar-refractivity contribution is 7.19. The van der Waals surface area contributed by atoms with E-state index in [0.717, 1.165) is 18.1 Å². The highest BCUT2D eigenvalue weighted by Crippen LogP contribution is 2.42. The van der Waals surface area contributed by atoms with Crippen LogP contribution in [-0.2, 0) is 0 Å². The van der Waals surface area contributed by atoms with E-state index in [1.807, 2.05) is 6.92 Å². The molecule has 1 aromatic rings. The highest BCUT2D eigenvalue weighted by atomic mass is 32.1. The Balaban J connectivity index is 2.11. The molecular formula is C14H24N4O2S. The molecule has 7 heteroatoms. The Morgan fingerprint density at radius 1 is 1.57 bits per heavy atom. The summed E-state index contributed by atoms with van der Waals surface area (Å²) < 4.78 is 5.36. The van der Waals surface area contributed by atoms with Gasteiger partial charge in [-0.05, 0) is 33.4 Å². The van der Waals surface area contributed by atoms with E-state index in [2.05, 4.69) is 22.6 Å². The minimum Gasteiger partial charge on any atom is -0.492 e. The number of likely N-dealkylation sites (tertiary alicyclic amines) is 1. The molecule has 2 heterocycles. The number of likely N-dealkylation sites (N-methyl/N-ethyl adjacent to an activating group) is 1. The van der Waals surface area contributed by atoms with Crippen molar-refractivity contribution < 1.29 is 9.53 Å². The van der Waals surface area contributed by atoms with Gasteiger partial charge in [0.15, 0.2) is 5.75 Å². The molecule has 1 atom stereocenters. The second-order valence-electron chi connectivity index (χ2n) is 5.22. The Morgan fingerprint density at radius 3 is 2.90 bits per heavy atom. The molecule has 1 aliphatic heterocycles. The number of hydrogen-bond acceptors (Lipinski definition) is 6. The van der Waals surface area contributed by atoms with Crippen LogP contribution in [0.1, 0.15) is 29.4 Å². The Hall–Kier alpha value is -1.47. The summed E-state index contributed by atoms with van der Waals surface area (Å²) in [5.74, 6) is 0.422. The molecular weight excluding hydrogens is 288 g/mol. The quantitative estimate of drug-likeness (QED) is 0.743. The normalized spacial score (nSPS) is 18.7. The molecule has 1 unspecified atom stereocenters. The summed E-state index contributed by atoms with van der Waals surface area (Å²) in [6.07, 6.45) is 2.42. The molecule has 1 amide bonds. The van der Waals surface area contributed by atoms with E-state index in [-0.39, 0.29) is 5.91 Å². The van der Waals surface area contributed by atoms with Crippen molar-refractivity contribution in [2.24, 2.45) is 0 Å². The predicted molar refractivity (Wildman–Crippen MR) is 87.4 cm³/mol. The molecule has 1 aromatic heterocycles. The number of nitrogens with two attached hydrogens (primary N) is 1. The average molecular weight is 312 g/mol. The second-order valence-corrected chi connectivity index (χ2v) is 6.24. The van der Waals surface area contributed by atoms with Crippen molar-refractivity contribution >= 4 is 27.9 Å². The van der Waals surface area contributed by atoms with Crippen LogP contribution in [0.3, 0.4) is 0 Å². The molecule has 1 saturated heterocycles. The summed E-state index contributed by atoms with van der Waals surface area (Å²) in [5.41, 5.74) is 6.44. The van der Waals surface area contributed by atoms with Gasteiger partial charge in [-0.1, -0.05) is 0 Å². The van der Waals surface area contributed by atoms with E-state index in [1.165, 1.54) is 24.2 Å². The summed E-state index contributed by atoms with van der Waals surface area (Å²) in [4.78, 5) is 14.8. The van der Waals surface area contributed by atoms with Gasteiger partial charge in [-0.25, -0.2) is 0 Å². The zero-order valence-corrected chi connectivity index (χ0v) is 13.7. The van der Waals surface area contributed by atoms with Crippen LogP contribution in [0.15, 0.2) is 0 Å². The summed E-state index contributed by atoms with van der Waals surface area (Å²) in [5, 5.41) is 6.99. The van der Waals surface area contributed by atoms with Crippen LogP contribution in [0.5, 0.6) is 5.75 Å². The van der Waals surface area contributed by atoms with Crippen molar-refractivity contribution in [1.29, 1.82) is 0 Å². The fourth-order valence-electron chi connectivity index (χ4n) is 2.61. The number of hydrogen-bond donors (Lipinski definition) is 3. The molecule has 6 nitrogen and oxygen atoms in total. The minimum absolute atomic E-state index is 0.149. The molecule has 21 heavy (non-hydrogen) atoms. The fourth-order valence-corrected chi connectivity index (χ4v) is 3.62. The first-order chi connectivity index (χ1) is 10.1. The van der Waals surface area contributed by atoms with Gasteiger partial charge in [0.2, 0.25) is 0 Å². The number of ether oxygens (including phenoxy) is 1. The SMILES string of the molecule is CCNC(=O)c1sc(NCC2CCCN2C)c(OC)c1N. The molecule has 0 aliphatic carbocycles. The Labute approximate surface area is 129 Å². The van der Waals surface area contributed by atoms with Gasteiger partial charge in [-0.15, -0.1) is 11.3 Å². The summed E-state index contributed by atoms with van der Waals surface area (Å²) in [6, 6.07) is 0.519. The Morgan fingerprint density at radius 2 is 2.33 bits per heavy atom. The minimum atomic E-state index is -0.149. The van der Waals surface area contributed by atoms with E-state index in [0.29, 0.717) is 28.9 Å². The third-order valence-electron chi connectivity index (χ3n) is 3.82. The number of thiophene rings is 1. The molecule has 4 N–H and O–H groups in total. The van der Waals surface area contributed by atoms with Crippen molar-refractivity contribution in [3.8, 4) is 5.75 Å². The molecule has 0 bridgehead atoms. The van der Waals surface area contributed by atoms with Crippen molar-refractivity contribution in [1.82, 2.24) is 10.2 Å². The van der Waals surface area contributed by atoms with Crippen molar-refractivity contribution in [2.75, 3.05) is 44.8 Å². The third-order valence-corrected chi connectivity index (χ3v) is 4.96. The monoisotopic (exact) mass is 312 g/mol. The zero-order valence-electron chi connectivity index (χ0n) is 12.9. The van der Waals surface area contributed by atoms with Crippen LogP contribution in [-0.4, -0.2) is 50.6 Å². The topological polar surface area (TPSA) is 79.6 Å². The van der Waals surface area contributed by atoms with Gasteiger partial charge < -0.3 is 26.0 Å². The number of nitrogens with one attached hydrogen (secondary N) is 2. The largest absolute Gasteiger partial charge is 0.492 e. The molecule has 0 spiro atoms. The van der Waals surface area contributed by atoms with Crippen molar-refractivity contribution in [3.63, 3.8) is 0 Å². The van der Waals surface area contributed by atoms with Gasteiger partial charge in [0, 0.05) is 19.1 Å². The standard InChI is InChI=1S/C14H24N4O2S/c1-4-16-13(19)12-10(15)11(20-3)14(21-12)17-8-9-6-5-7-18(9)2/h9,17H,4-8,15H2,1-3H3,(H,16,19). The molecule has 1 aliphatic rings. The van der Waals surface area contributed by atoms with E-state index in [1.54, 1.807) is 7.11 Å². The van der Waals surface area contributed by atoms with Crippen molar-refractivity contribution in [3.05, 3.63) is 4.88 Å². The average Bonchev–Trinajstić information content (AvgIpc) is 3.00. The maximum absolute atomic E-state index is 12.0. The predicted octanol–water partition coefficient (Wildman–Crippen LogP) is 1.59. The third kappa shape index (κ3) is 3.41. The maximum atomic E-state index is 12.0. The smallest absolute Gasteiger partial charge is 0.263 e. The van der Waals surface area contributed by atoms with Crippen LogP contribution in [0, 0.1) is 0 Å². The maximum Gasteiger partial charge on any atom is 0.263 e. The van der Waals surface area contributed by atoms with E-state index in [9.17, 15) is 4.79 Å². The van der Waals surface area contributed by atoms with E-state index in [4.69, 9.17) is 10.5 Å². The molecule has 0 saturated carbocycles. The van der Waals surface area contributed by atoms with Gasteiger partial charge in [0.1, 0.15) is 15.6 Å². The summed E-state index contributed by atoms with van der Waals surface area (Å²) in [6.45, 7) is 4.43. The van der Waals surface area contributed by atoms with Gasteiger partial charge in [0.05, 0.1) is 7.11 Å². The molecule has 118 valence electrons. The number of carbonyl (C=O) groups is 1. The molecule has 2 rings (SSSR count).